The van der Waals surface area contributed by atoms with Crippen molar-refractivity contribution < 1.29 is 0 Å². The molecule has 0 aliphatic rings. The Hall–Kier alpha value is -0.780. The first-order valence-corrected chi connectivity index (χ1v) is 6.12. The molecule has 1 rings (SSSR count). The highest BCUT2D eigenvalue weighted by Gasteiger charge is 2.12. The number of hydrogen-bond acceptors (Lipinski definition) is 0. The lowest BCUT2D eigenvalue weighted by Crippen LogP contribution is -2.04. The molecule has 0 bridgehead atoms. The highest BCUT2D eigenvalue weighted by Crippen LogP contribution is 2.27. The molecule has 0 unspecified atom stereocenters. The largest absolute Gasteiger partial charge is 0.0651 e. The lowest BCUT2D eigenvalue weighted by molar-refractivity contribution is 0.886. The smallest absolute Gasteiger partial charge is 0.0276 e. The molecular formula is C15H24. The zero-order chi connectivity index (χ0) is 11.6. The van der Waals surface area contributed by atoms with Gasteiger partial charge in [0.15, 0.2) is 0 Å². The Kier molecular flexibility index (Phi) is 3.96. The van der Waals surface area contributed by atoms with Crippen molar-refractivity contribution in [1.82, 2.24) is 0 Å². The van der Waals surface area contributed by atoms with Crippen molar-refractivity contribution in [2.75, 3.05) is 0 Å². The van der Waals surface area contributed by atoms with Gasteiger partial charge in [-0.1, -0.05) is 20.3 Å². The summed E-state index contributed by atoms with van der Waals surface area (Å²) in [6, 6.07) is 0. The minimum atomic E-state index is 1.16. The van der Waals surface area contributed by atoms with E-state index in [9.17, 15) is 0 Å². The summed E-state index contributed by atoms with van der Waals surface area (Å²) in [7, 11) is 0. The minimum Gasteiger partial charge on any atom is -0.0651 e. The number of rotatable bonds is 3. The summed E-state index contributed by atoms with van der Waals surface area (Å²) in [5.41, 5.74) is 9.23. The zero-order valence-corrected chi connectivity index (χ0v) is 11.1. The van der Waals surface area contributed by atoms with Crippen molar-refractivity contribution in [3.63, 3.8) is 0 Å². The molecule has 0 radical (unpaired) electrons. The van der Waals surface area contributed by atoms with Crippen LogP contribution in [0.3, 0.4) is 0 Å². The molecule has 15 heavy (non-hydrogen) atoms. The van der Waals surface area contributed by atoms with Gasteiger partial charge in [0.25, 0.3) is 0 Å². The average Bonchev–Trinajstić information content (AvgIpc) is 2.22. The second-order valence-electron chi connectivity index (χ2n) is 4.56. The third-order valence-corrected chi connectivity index (χ3v) is 3.79. The monoisotopic (exact) mass is 204 g/mol. The van der Waals surface area contributed by atoms with Crippen LogP contribution in [0.5, 0.6) is 0 Å². The third-order valence-electron chi connectivity index (χ3n) is 3.79. The van der Waals surface area contributed by atoms with E-state index in [0.717, 1.165) is 6.42 Å². The van der Waals surface area contributed by atoms with Crippen LogP contribution in [0.25, 0.3) is 0 Å². The van der Waals surface area contributed by atoms with Crippen molar-refractivity contribution in [1.29, 1.82) is 0 Å². The molecule has 1 aromatic rings. The van der Waals surface area contributed by atoms with E-state index >= 15 is 0 Å². The molecule has 0 nitrogen and oxygen atoms in total. The Morgan fingerprint density at radius 3 is 1.67 bits per heavy atom. The summed E-state index contributed by atoms with van der Waals surface area (Å²) in [6.07, 6.45) is 3.63. The van der Waals surface area contributed by atoms with Crippen molar-refractivity contribution in [3.8, 4) is 0 Å². The quantitative estimate of drug-likeness (QED) is 0.683. The maximum Gasteiger partial charge on any atom is -0.0276 e. The number of benzene rings is 1. The second-order valence-corrected chi connectivity index (χ2v) is 4.56. The van der Waals surface area contributed by atoms with Gasteiger partial charge in [-0.2, -0.15) is 0 Å². The van der Waals surface area contributed by atoms with Gasteiger partial charge in [-0.25, -0.2) is 0 Å². The summed E-state index contributed by atoms with van der Waals surface area (Å²) in [5, 5.41) is 0. The third kappa shape index (κ3) is 2.09. The normalized spacial score (nSPS) is 10.8. The Labute approximate surface area is 94.7 Å². The molecule has 84 valence electrons. The van der Waals surface area contributed by atoms with Crippen molar-refractivity contribution in [3.05, 3.63) is 33.4 Å². The maximum atomic E-state index is 2.29. The predicted molar refractivity (Wildman–Crippen MR) is 68.8 cm³/mol. The van der Waals surface area contributed by atoms with E-state index in [2.05, 4.69) is 41.5 Å². The van der Waals surface area contributed by atoms with Gasteiger partial charge in [-0.05, 0) is 73.9 Å². The molecule has 0 spiro atoms. The standard InChI is InChI=1S/C15H24/c1-7-9-15-12(5)10(3)11(4)14(8-2)13(15)6/h7-9H2,1-6H3. The van der Waals surface area contributed by atoms with Crippen LogP contribution in [0.2, 0.25) is 0 Å². The fourth-order valence-electron chi connectivity index (χ4n) is 2.63. The predicted octanol–water partition coefficient (Wildman–Crippen LogP) is 4.44. The molecule has 1 aromatic carbocycles. The average molecular weight is 204 g/mol. The van der Waals surface area contributed by atoms with Crippen LogP contribution in [0.4, 0.5) is 0 Å². The van der Waals surface area contributed by atoms with Gasteiger partial charge in [-0.3, -0.25) is 0 Å². The van der Waals surface area contributed by atoms with Crippen LogP contribution in [-0.2, 0) is 12.8 Å². The van der Waals surface area contributed by atoms with E-state index in [1.165, 1.54) is 29.5 Å². The lowest BCUT2D eigenvalue weighted by atomic mass is 9.86. The van der Waals surface area contributed by atoms with Gasteiger partial charge >= 0.3 is 0 Å². The lowest BCUT2D eigenvalue weighted by Gasteiger charge is -2.19. The Morgan fingerprint density at radius 1 is 0.667 bits per heavy atom. The van der Waals surface area contributed by atoms with Gasteiger partial charge in [0, 0.05) is 0 Å². The summed E-state index contributed by atoms with van der Waals surface area (Å²) in [4.78, 5) is 0. The van der Waals surface area contributed by atoms with Gasteiger partial charge < -0.3 is 0 Å². The SMILES string of the molecule is CCCc1c(C)c(C)c(C)c(CC)c1C. The van der Waals surface area contributed by atoms with Crippen LogP contribution in [0, 0.1) is 27.7 Å². The Balaban J connectivity index is 3.45. The van der Waals surface area contributed by atoms with Crippen LogP contribution in [-0.4, -0.2) is 0 Å². The van der Waals surface area contributed by atoms with Crippen molar-refractivity contribution >= 4 is 0 Å². The molecule has 0 atom stereocenters. The zero-order valence-electron chi connectivity index (χ0n) is 11.1. The molecular weight excluding hydrogens is 180 g/mol. The van der Waals surface area contributed by atoms with Gasteiger partial charge in [0.1, 0.15) is 0 Å². The summed E-state index contributed by atoms with van der Waals surface area (Å²) in [5.74, 6) is 0. The van der Waals surface area contributed by atoms with Crippen LogP contribution in [0.1, 0.15) is 53.6 Å². The van der Waals surface area contributed by atoms with Crippen LogP contribution >= 0.6 is 0 Å². The van der Waals surface area contributed by atoms with E-state index < -0.39 is 0 Å². The van der Waals surface area contributed by atoms with E-state index in [-0.39, 0.29) is 0 Å². The van der Waals surface area contributed by atoms with Crippen LogP contribution in [0.15, 0.2) is 0 Å². The fraction of sp³-hybridized carbons (Fsp3) is 0.600. The second kappa shape index (κ2) is 4.83. The first-order chi connectivity index (χ1) is 7.04. The molecule has 0 aromatic heterocycles. The molecule has 0 heterocycles. The van der Waals surface area contributed by atoms with Crippen molar-refractivity contribution in [2.45, 2.75) is 60.8 Å². The van der Waals surface area contributed by atoms with E-state index in [4.69, 9.17) is 0 Å². The summed E-state index contributed by atoms with van der Waals surface area (Å²) < 4.78 is 0. The minimum absolute atomic E-state index is 1.16. The first-order valence-electron chi connectivity index (χ1n) is 6.12. The molecule has 0 heteroatoms. The molecule has 0 aliphatic heterocycles. The van der Waals surface area contributed by atoms with E-state index in [1.807, 2.05) is 0 Å². The van der Waals surface area contributed by atoms with Crippen LogP contribution < -0.4 is 0 Å². The maximum absolute atomic E-state index is 2.29. The fourth-order valence-corrected chi connectivity index (χ4v) is 2.63. The summed E-state index contributed by atoms with van der Waals surface area (Å²) in [6.45, 7) is 13.6. The molecule has 0 saturated heterocycles. The molecule has 0 N–H and O–H groups in total. The highest BCUT2D eigenvalue weighted by molar-refractivity contribution is 5.50. The number of hydrogen-bond donors (Lipinski definition) is 0. The van der Waals surface area contributed by atoms with Gasteiger partial charge in [0.05, 0.1) is 0 Å². The Bertz CT molecular complexity index is 359. The van der Waals surface area contributed by atoms with E-state index in [1.54, 1.807) is 16.7 Å². The topological polar surface area (TPSA) is 0 Å². The molecule has 0 aliphatic carbocycles. The van der Waals surface area contributed by atoms with E-state index in [0.29, 0.717) is 0 Å². The molecule has 0 fully saturated rings. The first kappa shape index (κ1) is 12.3. The molecule has 0 saturated carbocycles. The van der Waals surface area contributed by atoms with Crippen molar-refractivity contribution in [2.24, 2.45) is 0 Å². The highest BCUT2D eigenvalue weighted by atomic mass is 14.2. The molecule has 0 amide bonds. The van der Waals surface area contributed by atoms with Gasteiger partial charge in [-0.15, -0.1) is 0 Å². The summed E-state index contributed by atoms with van der Waals surface area (Å²) >= 11 is 0. The van der Waals surface area contributed by atoms with Gasteiger partial charge in [0.2, 0.25) is 0 Å². The Morgan fingerprint density at radius 2 is 1.20 bits per heavy atom.